The van der Waals surface area contributed by atoms with Gasteiger partial charge < -0.3 is 0 Å². The Labute approximate surface area is 116 Å². The third-order valence-electron chi connectivity index (χ3n) is 0. The summed E-state index contributed by atoms with van der Waals surface area (Å²) in [5, 5.41) is 0. The van der Waals surface area contributed by atoms with Crippen LogP contribution in [0.4, 0.5) is 0 Å². The Morgan fingerprint density at radius 2 is 1.00 bits per heavy atom. The van der Waals surface area contributed by atoms with Gasteiger partial charge in [0.25, 0.3) is 0 Å². The molecule has 0 aliphatic rings. The molecule has 0 heterocycles. The second-order valence-electron chi connectivity index (χ2n) is 0. The van der Waals surface area contributed by atoms with E-state index in [0.717, 1.165) is 0 Å². The minimum atomic E-state index is 0. The molecule has 0 saturated carbocycles. The Kier molecular flexibility index (Phi) is 183. The summed E-state index contributed by atoms with van der Waals surface area (Å²) in [5.41, 5.74) is 0. The first-order chi connectivity index (χ1) is 0. The zero-order valence-electron chi connectivity index (χ0n) is 2.57. The zero-order chi connectivity index (χ0) is 0. The van der Waals surface area contributed by atoms with E-state index in [1.54, 1.807) is 0 Å². The van der Waals surface area contributed by atoms with Crippen molar-refractivity contribution < 1.29 is 53.6 Å². The Balaban J connectivity index is 0. The van der Waals surface area contributed by atoms with Gasteiger partial charge in [0.15, 0.2) is 0 Å². The molecular formula is CaCuFePbZn. The summed E-state index contributed by atoms with van der Waals surface area (Å²) in [6.07, 6.45) is 0. The van der Waals surface area contributed by atoms with Crippen LogP contribution in [0, 0.1) is 0 Å². The molecule has 0 atom stereocenters. The number of hydrogen-bond donors (Lipinski definition) is 0. The molecule has 0 bridgehead atoms. The minimum absolute atomic E-state index is 0. The van der Waals surface area contributed by atoms with E-state index < -0.39 is 0 Å². The summed E-state index contributed by atoms with van der Waals surface area (Å²) in [4.78, 5) is 0. The molecule has 0 rings (SSSR count). The van der Waals surface area contributed by atoms with Crippen LogP contribution >= 0.6 is 0 Å². The topological polar surface area (TPSA) is 0 Å². The molecule has 0 unspecified atom stereocenters. The summed E-state index contributed by atoms with van der Waals surface area (Å²) in [6, 6.07) is 0. The van der Waals surface area contributed by atoms with Crippen LogP contribution in [0.25, 0.3) is 0 Å². The maximum absolute atomic E-state index is 0. The Morgan fingerprint density at radius 3 is 1.00 bits per heavy atom. The van der Waals surface area contributed by atoms with Crippen LogP contribution in [0.2, 0.25) is 0 Å². The van der Waals surface area contributed by atoms with Gasteiger partial charge in [-0.15, -0.1) is 0 Å². The maximum Gasteiger partial charge on any atom is 0 e. The first kappa shape index (κ1) is 36.8. The fourth-order valence-electron chi connectivity index (χ4n) is 0. The van der Waals surface area contributed by atoms with Gasteiger partial charge in [-0.1, -0.05) is 0 Å². The fourth-order valence-corrected chi connectivity index (χ4v) is 0. The Morgan fingerprint density at radius 1 is 1.00 bits per heavy atom. The van der Waals surface area contributed by atoms with Crippen molar-refractivity contribution in [2.24, 2.45) is 0 Å². The van der Waals surface area contributed by atoms with E-state index in [1.807, 2.05) is 0 Å². The molecule has 5 heavy (non-hydrogen) atoms. The molecule has 7 radical (unpaired) electrons. The van der Waals surface area contributed by atoms with Gasteiger partial charge >= 0.3 is 0 Å². The molecule has 0 nitrogen and oxygen atoms in total. The van der Waals surface area contributed by atoms with Crippen LogP contribution in [-0.4, -0.2) is 65.0 Å². The molecule has 0 aromatic carbocycles. The van der Waals surface area contributed by atoms with E-state index in [2.05, 4.69) is 0 Å². The van der Waals surface area contributed by atoms with Gasteiger partial charge in [-0.2, -0.15) is 0 Å². The van der Waals surface area contributed by atoms with Gasteiger partial charge in [0.1, 0.15) is 0 Å². The molecule has 0 saturated heterocycles. The third-order valence-corrected chi connectivity index (χ3v) is 0. The van der Waals surface area contributed by atoms with Crippen molar-refractivity contribution in [1.82, 2.24) is 0 Å². The van der Waals surface area contributed by atoms with Crippen molar-refractivity contribution in [3.8, 4) is 0 Å². The molecule has 0 aliphatic heterocycles. The molecule has 0 aromatic rings. The zero-order valence-corrected chi connectivity index (χ0v) is 13.7. The quantitative estimate of drug-likeness (QED) is 0.442. The van der Waals surface area contributed by atoms with Gasteiger partial charge in [0.05, 0.1) is 0 Å². The molecule has 0 spiro atoms. The van der Waals surface area contributed by atoms with E-state index >= 15 is 0 Å². The van der Waals surface area contributed by atoms with E-state index in [4.69, 9.17) is 0 Å². The van der Waals surface area contributed by atoms with Crippen molar-refractivity contribution in [2.75, 3.05) is 0 Å². The van der Waals surface area contributed by atoms with Gasteiger partial charge in [0, 0.05) is 119 Å². The van der Waals surface area contributed by atoms with Crippen LogP contribution in [0.5, 0.6) is 0 Å². The Bertz CT molecular complexity index is 11.6. The van der Waals surface area contributed by atoms with Crippen molar-refractivity contribution in [1.29, 1.82) is 0 Å². The third kappa shape index (κ3) is 18.1. The van der Waals surface area contributed by atoms with Gasteiger partial charge in [-0.05, 0) is 0 Å². The van der Waals surface area contributed by atoms with Crippen LogP contribution in [0.1, 0.15) is 0 Å². The number of hydrogen-bond acceptors (Lipinski definition) is 0. The molecular weight excluding hydrogens is 432 g/mol. The number of rotatable bonds is 0. The summed E-state index contributed by atoms with van der Waals surface area (Å²) in [5.74, 6) is 0. The maximum atomic E-state index is 0. The van der Waals surface area contributed by atoms with Crippen molar-refractivity contribution in [3.63, 3.8) is 0 Å². The van der Waals surface area contributed by atoms with E-state index in [0.29, 0.717) is 0 Å². The SMILES string of the molecule is [Ca].[Cu].[Fe].[Pb].[Zn]. The standard InChI is InChI=1S/Ca.Cu.Fe.Pb.Zn. The first-order valence-electron chi connectivity index (χ1n) is 0. The minimum Gasteiger partial charge on any atom is 0 e. The summed E-state index contributed by atoms with van der Waals surface area (Å²) < 4.78 is 0. The van der Waals surface area contributed by atoms with E-state index in [1.165, 1.54) is 0 Å². The van der Waals surface area contributed by atoms with Gasteiger partial charge in [0.2, 0.25) is 0 Å². The molecule has 0 aliphatic carbocycles. The molecule has 0 N–H and O–H groups in total. The molecule has 0 amide bonds. The first-order valence-corrected chi connectivity index (χ1v) is 0. The monoisotopic (exact) mass is 431 g/mol. The second-order valence-corrected chi connectivity index (χ2v) is 0. The average Bonchev–Trinajstić information content (AvgIpc) is 0. The molecule has 5 heteroatoms. The predicted octanol–water partition coefficient (Wildman–Crippen LogP) is -0.769. The van der Waals surface area contributed by atoms with Crippen molar-refractivity contribution >= 4 is 65.0 Å². The Hall–Kier alpha value is 3.84. The van der Waals surface area contributed by atoms with Gasteiger partial charge in [-0.25, -0.2) is 0 Å². The normalized spacial score (nSPS) is 0. The largest absolute Gasteiger partial charge is 0 e. The van der Waals surface area contributed by atoms with Gasteiger partial charge in [-0.3, -0.25) is 0 Å². The summed E-state index contributed by atoms with van der Waals surface area (Å²) in [7, 11) is 0. The fraction of sp³-hybridized carbons (Fsp3) is 0. The molecule has 27 valence electrons. The van der Waals surface area contributed by atoms with E-state index in [9.17, 15) is 0 Å². The van der Waals surface area contributed by atoms with Crippen LogP contribution in [-0.2, 0) is 53.6 Å². The van der Waals surface area contributed by atoms with Crippen LogP contribution in [0.3, 0.4) is 0 Å². The van der Waals surface area contributed by atoms with Crippen molar-refractivity contribution in [3.05, 3.63) is 0 Å². The average molecular weight is 432 g/mol. The van der Waals surface area contributed by atoms with Crippen LogP contribution < -0.4 is 0 Å². The summed E-state index contributed by atoms with van der Waals surface area (Å²) in [6.45, 7) is 0. The second kappa shape index (κ2) is 24.9. The summed E-state index contributed by atoms with van der Waals surface area (Å²) >= 11 is 0. The molecule has 0 fully saturated rings. The smallest absolute Gasteiger partial charge is 0 e. The molecule has 0 aromatic heterocycles. The van der Waals surface area contributed by atoms with Crippen molar-refractivity contribution in [2.45, 2.75) is 0 Å². The van der Waals surface area contributed by atoms with Crippen LogP contribution in [0.15, 0.2) is 0 Å². The van der Waals surface area contributed by atoms with E-state index in [-0.39, 0.29) is 119 Å². The predicted molar refractivity (Wildman–Crippen MR) is 11.5 cm³/mol.